The van der Waals surface area contributed by atoms with Gasteiger partial charge < -0.3 is 19.3 Å². The Labute approximate surface area is 225 Å². The molecule has 0 spiro atoms. The summed E-state index contributed by atoms with van der Waals surface area (Å²) < 4.78 is 10.5. The number of benzene rings is 2. The molecule has 36 heavy (non-hydrogen) atoms. The van der Waals surface area contributed by atoms with E-state index in [4.69, 9.17) is 32.7 Å². The van der Waals surface area contributed by atoms with Crippen LogP contribution in [0.1, 0.15) is 38.8 Å². The van der Waals surface area contributed by atoms with Gasteiger partial charge >= 0.3 is 0 Å². The van der Waals surface area contributed by atoms with Crippen molar-refractivity contribution in [1.29, 1.82) is 0 Å². The fraction of sp³-hybridized carbons (Fsp3) is 0.333. The summed E-state index contributed by atoms with van der Waals surface area (Å²) in [5.74, 6) is 0.326. The molecule has 1 unspecified atom stereocenters. The van der Waals surface area contributed by atoms with Crippen LogP contribution in [0.25, 0.3) is 0 Å². The van der Waals surface area contributed by atoms with Gasteiger partial charge in [0.2, 0.25) is 5.91 Å². The lowest BCUT2D eigenvalue weighted by molar-refractivity contribution is -0.134. The predicted molar refractivity (Wildman–Crippen MR) is 143 cm³/mol. The Bertz CT molecular complexity index is 1210. The number of nitrogens with zero attached hydrogens (tertiary/aromatic N) is 2. The zero-order chi connectivity index (χ0) is 25.7. The lowest BCUT2D eigenvalue weighted by atomic mass is 9.93. The number of carbonyl (C=O) groups excluding carboxylic acids is 2. The van der Waals surface area contributed by atoms with E-state index < -0.39 is 0 Å². The van der Waals surface area contributed by atoms with Gasteiger partial charge in [0.15, 0.2) is 0 Å². The Kier molecular flexibility index (Phi) is 8.90. The zero-order valence-corrected chi connectivity index (χ0v) is 22.5. The molecular formula is C27H28Cl2N2O4S. The van der Waals surface area contributed by atoms with Crippen LogP contribution in [0, 0.1) is 0 Å². The van der Waals surface area contributed by atoms with Crippen molar-refractivity contribution < 1.29 is 19.1 Å². The highest BCUT2D eigenvalue weighted by Crippen LogP contribution is 2.38. The number of thiophene rings is 1. The van der Waals surface area contributed by atoms with Crippen molar-refractivity contribution in [3.8, 4) is 5.75 Å². The lowest BCUT2D eigenvalue weighted by Gasteiger charge is -2.37. The van der Waals surface area contributed by atoms with Crippen LogP contribution >= 0.6 is 34.5 Å². The van der Waals surface area contributed by atoms with Crippen molar-refractivity contribution in [2.75, 3.05) is 40.5 Å². The standard InChI is InChI=1S/C27H28Cl2N2O4S/c1-34-14-3-12-30(27(33)21-9-6-19(28)16-23(21)29)17-25(32)31-13-10-24-22(11-15-36-24)26(31)18-4-7-20(35-2)8-5-18/h4-9,11,15-16,26H,3,10,12-14,17H2,1-2H3. The first kappa shape index (κ1) is 26.5. The van der Waals surface area contributed by atoms with E-state index in [1.54, 1.807) is 42.6 Å². The number of carbonyl (C=O) groups is 2. The fourth-order valence-corrected chi connectivity index (χ4v) is 5.86. The van der Waals surface area contributed by atoms with Gasteiger partial charge in [0.1, 0.15) is 12.3 Å². The minimum Gasteiger partial charge on any atom is -0.497 e. The van der Waals surface area contributed by atoms with E-state index in [1.165, 1.54) is 10.9 Å². The van der Waals surface area contributed by atoms with Crippen LogP contribution in [-0.2, 0) is 16.0 Å². The van der Waals surface area contributed by atoms with Crippen molar-refractivity contribution in [1.82, 2.24) is 9.80 Å². The van der Waals surface area contributed by atoms with Gasteiger partial charge in [-0.25, -0.2) is 0 Å². The summed E-state index contributed by atoms with van der Waals surface area (Å²) in [5, 5.41) is 2.77. The lowest BCUT2D eigenvalue weighted by Crippen LogP contribution is -2.47. The van der Waals surface area contributed by atoms with Crippen LogP contribution in [0.3, 0.4) is 0 Å². The normalized spacial score (nSPS) is 14.9. The number of methoxy groups -OCH3 is 2. The number of fused-ring (bicyclic) bond motifs is 1. The predicted octanol–water partition coefficient (Wildman–Crippen LogP) is 5.72. The van der Waals surface area contributed by atoms with E-state index in [-0.39, 0.29) is 29.4 Å². The monoisotopic (exact) mass is 546 g/mol. The number of amides is 2. The van der Waals surface area contributed by atoms with Gasteiger partial charge in [-0.2, -0.15) is 0 Å². The van der Waals surface area contributed by atoms with E-state index in [2.05, 4.69) is 11.4 Å². The van der Waals surface area contributed by atoms with E-state index in [1.807, 2.05) is 29.2 Å². The van der Waals surface area contributed by atoms with E-state index in [0.717, 1.165) is 23.3 Å². The topological polar surface area (TPSA) is 59.1 Å². The average Bonchev–Trinajstić information content (AvgIpc) is 3.36. The summed E-state index contributed by atoms with van der Waals surface area (Å²) >= 11 is 14.1. The van der Waals surface area contributed by atoms with E-state index >= 15 is 0 Å². The molecule has 0 fully saturated rings. The Hall–Kier alpha value is -2.58. The summed E-state index contributed by atoms with van der Waals surface area (Å²) in [5.41, 5.74) is 2.45. The molecule has 6 nitrogen and oxygen atoms in total. The molecule has 1 atom stereocenters. The van der Waals surface area contributed by atoms with Crippen LogP contribution in [0.2, 0.25) is 10.0 Å². The van der Waals surface area contributed by atoms with Crippen molar-refractivity contribution in [2.45, 2.75) is 18.9 Å². The summed E-state index contributed by atoms with van der Waals surface area (Å²) in [6, 6.07) is 14.4. The average molecular weight is 548 g/mol. The summed E-state index contributed by atoms with van der Waals surface area (Å²) in [6.07, 6.45) is 1.38. The molecule has 2 amide bonds. The summed E-state index contributed by atoms with van der Waals surface area (Å²) in [6.45, 7) is 1.35. The van der Waals surface area contributed by atoms with Crippen molar-refractivity contribution in [3.63, 3.8) is 0 Å². The largest absolute Gasteiger partial charge is 0.497 e. The van der Waals surface area contributed by atoms with Gasteiger partial charge in [-0.15, -0.1) is 11.3 Å². The number of hydrogen-bond acceptors (Lipinski definition) is 5. The minimum absolute atomic E-state index is 0.0619. The molecule has 0 saturated carbocycles. The zero-order valence-electron chi connectivity index (χ0n) is 20.2. The molecular weight excluding hydrogens is 519 g/mol. The van der Waals surface area contributed by atoms with Crippen molar-refractivity contribution in [2.24, 2.45) is 0 Å². The first-order chi connectivity index (χ1) is 17.4. The highest BCUT2D eigenvalue weighted by molar-refractivity contribution is 7.10. The van der Waals surface area contributed by atoms with Crippen LogP contribution in [0.4, 0.5) is 0 Å². The maximum absolute atomic E-state index is 13.8. The van der Waals surface area contributed by atoms with E-state index in [0.29, 0.717) is 36.7 Å². The molecule has 0 aliphatic carbocycles. The molecule has 0 N–H and O–H groups in total. The van der Waals surface area contributed by atoms with E-state index in [9.17, 15) is 9.59 Å². The van der Waals surface area contributed by atoms with Crippen molar-refractivity contribution >= 4 is 46.4 Å². The third kappa shape index (κ3) is 5.86. The first-order valence-corrected chi connectivity index (χ1v) is 13.3. The fourth-order valence-electron chi connectivity index (χ4n) is 4.47. The number of rotatable bonds is 9. The molecule has 0 bridgehead atoms. The van der Waals surface area contributed by atoms with Crippen LogP contribution in [0.15, 0.2) is 53.9 Å². The molecule has 190 valence electrons. The molecule has 1 aliphatic heterocycles. The van der Waals surface area contributed by atoms with Gasteiger partial charge in [-0.05, 0) is 65.7 Å². The van der Waals surface area contributed by atoms with Crippen LogP contribution in [0.5, 0.6) is 5.75 Å². The second-order valence-electron chi connectivity index (χ2n) is 8.51. The Balaban J connectivity index is 1.61. The third-order valence-electron chi connectivity index (χ3n) is 6.27. The Morgan fingerprint density at radius 2 is 1.89 bits per heavy atom. The molecule has 1 aliphatic rings. The Morgan fingerprint density at radius 3 is 2.58 bits per heavy atom. The smallest absolute Gasteiger partial charge is 0.255 e. The quantitative estimate of drug-likeness (QED) is 0.322. The first-order valence-electron chi connectivity index (χ1n) is 11.7. The molecule has 4 rings (SSSR count). The maximum atomic E-state index is 13.8. The van der Waals surface area contributed by atoms with Crippen LogP contribution < -0.4 is 4.74 Å². The second kappa shape index (κ2) is 12.1. The van der Waals surface area contributed by atoms with Gasteiger partial charge in [-0.3, -0.25) is 9.59 Å². The van der Waals surface area contributed by atoms with Crippen LogP contribution in [-0.4, -0.2) is 62.1 Å². The molecule has 2 heterocycles. The van der Waals surface area contributed by atoms with Gasteiger partial charge in [0, 0.05) is 36.7 Å². The Morgan fingerprint density at radius 1 is 1.11 bits per heavy atom. The molecule has 3 aromatic rings. The SMILES string of the molecule is COCCCN(CC(=O)N1CCc2sccc2C1c1ccc(OC)cc1)C(=O)c1ccc(Cl)cc1Cl. The molecule has 1 aromatic heterocycles. The molecule has 0 saturated heterocycles. The minimum atomic E-state index is -0.310. The highest BCUT2D eigenvalue weighted by atomic mass is 35.5. The third-order valence-corrected chi connectivity index (χ3v) is 7.81. The number of hydrogen-bond donors (Lipinski definition) is 0. The highest BCUT2D eigenvalue weighted by Gasteiger charge is 2.34. The second-order valence-corrected chi connectivity index (χ2v) is 10.4. The molecule has 9 heteroatoms. The van der Waals surface area contributed by atoms with Gasteiger partial charge in [0.05, 0.1) is 23.7 Å². The molecule has 0 radical (unpaired) electrons. The van der Waals surface area contributed by atoms with Gasteiger partial charge in [-0.1, -0.05) is 35.3 Å². The van der Waals surface area contributed by atoms with Gasteiger partial charge in [0.25, 0.3) is 5.91 Å². The number of halogens is 2. The van der Waals surface area contributed by atoms with Crippen molar-refractivity contribution in [3.05, 3.63) is 85.5 Å². The number of ether oxygens (including phenoxy) is 2. The maximum Gasteiger partial charge on any atom is 0.255 e. The molecule has 2 aromatic carbocycles. The summed E-state index contributed by atoms with van der Waals surface area (Å²) in [7, 11) is 3.24. The summed E-state index contributed by atoms with van der Waals surface area (Å²) in [4.78, 5) is 31.9.